The molecule has 6 atom stereocenters. The molecule has 184 valence electrons. The summed E-state index contributed by atoms with van der Waals surface area (Å²) >= 11 is 0. The molecule has 3 saturated carbocycles. The van der Waals surface area contributed by atoms with Gasteiger partial charge in [0.05, 0.1) is 11.4 Å². The highest BCUT2D eigenvalue weighted by Crippen LogP contribution is 2.75. The smallest absolute Gasteiger partial charge is 0.115 e. The molecule has 5 unspecified atom stereocenters. The number of piperidine rings is 1. The van der Waals surface area contributed by atoms with Gasteiger partial charge < -0.3 is 14.9 Å². The summed E-state index contributed by atoms with van der Waals surface area (Å²) in [6.07, 6.45) is 9.43. The van der Waals surface area contributed by atoms with Crippen LogP contribution in [-0.2, 0) is 11.8 Å². The summed E-state index contributed by atoms with van der Waals surface area (Å²) in [6.45, 7) is 3.78. The Balaban J connectivity index is 1.27. The lowest BCUT2D eigenvalue weighted by molar-refractivity contribution is -0.0920. The second-order valence-electron chi connectivity index (χ2n) is 13.0. The third-order valence-electron chi connectivity index (χ3n) is 11.4. The molecule has 0 radical (unpaired) electrons. The van der Waals surface area contributed by atoms with Gasteiger partial charge in [0, 0.05) is 44.7 Å². The van der Waals surface area contributed by atoms with E-state index >= 15 is 0 Å². The summed E-state index contributed by atoms with van der Waals surface area (Å²) in [5.41, 5.74) is 6.49. The third kappa shape index (κ3) is 2.57. The van der Waals surface area contributed by atoms with E-state index in [0.717, 1.165) is 11.8 Å². The Bertz CT molecular complexity index is 1190. The summed E-state index contributed by atoms with van der Waals surface area (Å²) < 4.78 is 0. The highest BCUT2D eigenvalue weighted by atomic mass is 16.3. The molecule has 2 saturated heterocycles. The topological polar surface area (TPSA) is 30.0 Å². The van der Waals surface area contributed by atoms with Crippen molar-refractivity contribution in [2.45, 2.75) is 62.4 Å². The van der Waals surface area contributed by atoms with E-state index in [4.69, 9.17) is 0 Å². The summed E-state index contributed by atoms with van der Waals surface area (Å²) in [5.74, 6) is 2.89. The van der Waals surface area contributed by atoms with Crippen molar-refractivity contribution in [2.75, 3.05) is 43.5 Å². The van der Waals surface area contributed by atoms with Crippen LogP contribution in [0.5, 0.6) is 5.75 Å². The van der Waals surface area contributed by atoms with Crippen LogP contribution in [0.25, 0.3) is 0 Å². The van der Waals surface area contributed by atoms with Crippen LogP contribution in [0, 0.1) is 23.2 Å². The Morgan fingerprint density at radius 3 is 2.74 bits per heavy atom. The predicted octanol–water partition coefficient (Wildman–Crippen LogP) is 5.04. The maximum Gasteiger partial charge on any atom is 0.115 e. The molecular formula is C31H39N3O. The van der Waals surface area contributed by atoms with Crippen LogP contribution in [0.15, 0.2) is 42.5 Å². The van der Waals surface area contributed by atoms with Gasteiger partial charge in [-0.3, -0.25) is 4.90 Å². The van der Waals surface area contributed by atoms with Gasteiger partial charge in [-0.1, -0.05) is 18.2 Å². The number of nitrogens with zero attached hydrogens (tertiary/aromatic N) is 3. The molecule has 0 amide bonds. The SMILES string of the molecule is CN(C)c1ccccc1N1C[C@H]2CC34CCC1C2C31CCN(CC2CC2)C4Cc2ccc(O)cc21. The van der Waals surface area contributed by atoms with Gasteiger partial charge in [-0.2, -0.15) is 0 Å². The quantitative estimate of drug-likeness (QED) is 0.679. The lowest BCUT2D eigenvalue weighted by Gasteiger charge is -2.66. The average molecular weight is 470 g/mol. The predicted molar refractivity (Wildman–Crippen MR) is 141 cm³/mol. The Labute approximate surface area is 209 Å². The van der Waals surface area contributed by atoms with Crippen molar-refractivity contribution in [2.24, 2.45) is 23.2 Å². The first kappa shape index (κ1) is 20.9. The zero-order valence-corrected chi connectivity index (χ0v) is 21.3. The maximum atomic E-state index is 10.7. The van der Waals surface area contributed by atoms with Crippen LogP contribution in [0.4, 0.5) is 11.4 Å². The number of para-hydroxylation sites is 2. The van der Waals surface area contributed by atoms with Gasteiger partial charge in [0.1, 0.15) is 5.75 Å². The third-order valence-corrected chi connectivity index (χ3v) is 11.4. The Morgan fingerprint density at radius 1 is 1.06 bits per heavy atom. The van der Waals surface area contributed by atoms with E-state index in [2.05, 4.69) is 65.2 Å². The number of anilines is 2. The molecule has 4 heteroatoms. The fourth-order valence-electron chi connectivity index (χ4n) is 10.3. The van der Waals surface area contributed by atoms with E-state index in [1.165, 1.54) is 81.5 Å². The van der Waals surface area contributed by atoms with E-state index in [-0.39, 0.29) is 5.41 Å². The number of hydrogen-bond acceptors (Lipinski definition) is 4. The number of rotatable bonds is 4. The second-order valence-corrected chi connectivity index (χ2v) is 13.0. The highest BCUT2D eigenvalue weighted by molar-refractivity contribution is 5.72. The minimum absolute atomic E-state index is 0.236. The number of phenolic OH excluding ortho intramolecular Hbond substituents is 1. The number of likely N-dealkylation sites (tertiary alicyclic amines) is 1. The van der Waals surface area contributed by atoms with Crippen molar-refractivity contribution < 1.29 is 5.11 Å². The molecule has 4 nitrogen and oxygen atoms in total. The summed E-state index contributed by atoms with van der Waals surface area (Å²) in [5, 5.41) is 10.7. The Kier molecular flexibility index (Phi) is 4.17. The summed E-state index contributed by atoms with van der Waals surface area (Å²) in [6, 6.07) is 16.8. The monoisotopic (exact) mass is 469 g/mol. The molecule has 35 heavy (non-hydrogen) atoms. The van der Waals surface area contributed by atoms with Crippen molar-refractivity contribution in [3.05, 3.63) is 53.6 Å². The molecule has 8 rings (SSSR count). The normalized spacial score (nSPS) is 38.9. The van der Waals surface area contributed by atoms with Gasteiger partial charge in [-0.05, 0) is 110 Å². The van der Waals surface area contributed by atoms with Gasteiger partial charge in [-0.15, -0.1) is 0 Å². The van der Waals surface area contributed by atoms with Crippen molar-refractivity contribution >= 4 is 11.4 Å². The molecule has 2 aromatic carbocycles. The highest BCUT2D eigenvalue weighted by Gasteiger charge is 2.76. The minimum Gasteiger partial charge on any atom is -0.508 e. The van der Waals surface area contributed by atoms with Crippen LogP contribution in [0.3, 0.4) is 0 Å². The van der Waals surface area contributed by atoms with Crippen molar-refractivity contribution in [3.63, 3.8) is 0 Å². The van der Waals surface area contributed by atoms with Gasteiger partial charge in [0.15, 0.2) is 0 Å². The van der Waals surface area contributed by atoms with E-state index in [9.17, 15) is 5.11 Å². The molecule has 4 bridgehead atoms. The molecule has 0 spiro atoms. The van der Waals surface area contributed by atoms with Crippen molar-refractivity contribution in [3.8, 4) is 5.75 Å². The largest absolute Gasteiger partial charge is 0.508 e. The zero-order chi connectivity index (χ0) is 23.5. The lowest BCUT2D eigenvalue weighted by Crippen LogP contribution is -2.69. The standard InChI is InChI=1S/C31H39N3O/c1-32(2)25-5-3-4-6-26(25)34-19-22-17-30-12-11-27(34)29(22)31(30)13-14-33(18-20-7-8-20)28(30)15-21-9-10-23(35)16-24(21)31/h3-6,9-10,16,20,22,27-29,35H,7-8,11-15,17-19H2,1-2H3/t22-,27?,28?,29?,30?,31?/m1/s1. The molecule has 1 N–H and O–H groups in total. The Hall–Kier alpha value is -2.20. The molecule has 2 aliphatic heterocycles. The summed E-state index contributed by atoms with van der Waals surface area (Å²) in [4.78, 5) is 8.05. The molecule has 6 aliphatic rings. The van der Waals surface area contributed by atoms with E-state index in [1.807, 2.05) is 6.07 Å². The number of hydrogen-bond donors (Lipinski definition) is 1. The number of aromatic hydroxyl groups is 1. The van der Waals surface area contributed by atoms with Gasteiger partial charge in [-0.25, -0.2) is 0 Å². The molecule has 4 aliphatic carbocycles. The summed E-state index contributed by atoms with van der Waals surface area (Å²) in [7, 11) is 4.36. The first-order valence-corrected chi connectivity index (χ1v) is 14.1. The van der Waals surface area contributed by atoms with Crippen LogP contribution in [-0.4, -0.2) is 55.8 Å². The minimum atomic E-state index is 0.236. The second kappa shape index (κ2) is 6.97. The van der Waals surface area contributed by atoms with Crippen LogP contribution < -0.4 is 9.80 Å². The zero-order valence-electron chi connectivity index (χ0n) is 21.3. The first-order chi connectivity index (χ1) is 17.0. The number of fused-ring (bicyclic) bond motifs is 1. The van der Waals surface area contributed by atoms with E-state index < -0.39 is 0 Å². The fourth-order valence-corrected chi connectivity index (χ4v) is 10.3. The first-order valence-electron chi connectivity index (χ1n) is 14.1. The van der Waals surface area contributed by atoms with Crippen molar-refractivity contribution in [1.82, 2.24) is 4.90 Å². The van der Waals surface area contributed by atoms with Gasteiger partial charge >= 0.3 is 0 Å². The maximum absolute atomic E-state index is 10.7. The average Bonchev–Trinajstić information content (AvgIpc) is 3.54. The van der Waals surface area contributed by atoms with Crippen LogP contribution >= 0.6 is 0 Å². The van der Waals surface area contributed by atoms with Gasteiger partial charge in [0.2, 0.25) is 0 Å². The van der Waals surface area contributed by atoms with Crippen LogP contribution in [0.1, 0.15) is 49.7 Å². The van der Waals surface area contributed by atoms with E-state index in [0.29, 0.717) is 29.2 Å². The number of benzene rings is 2. The Morgan fingerprint density at radius 2 is 1.91 bits per heavy atom. The molecule has 2 heterocycles. The van der Waals surface area contributed by atoms with E-state index in [1.54, 1.807) is 5.56 Å². The molecule has 5 fully saturated rings. The molecule has 2 aromatic rings. The number of phenols is 1. The van der Waals surface area contributed by atoms with Crippen LogP contribution in [0.2, 0.25) is 0 Å². The van der Waals surface area contributed by atoms with Crippen molar-refractivity contribution in [1.29, 1.82) is 0 Å². The lowest BCUT2D eigenvalue weighted by atomic mass is 9.43. The molecular weight excluding hydrogens is 430 g/mol. The van der Waals surface area contributed by atoms with Gasteiger partial charge in [0.25, 0.3) is 0 Å². The molecule has 0 aromatic heterocycles. The fraction of sp³-hybridized carbons (Fsp3) is 0.613.